The lowest BCUT2D eigenvalue weighted by molar-refractivity contribution is 0.475. The highest BCUT2D eigenvalue weighted by Crippen LogP contribution is 2.22. The zero-order valence-electron chi connectivity index (χ0n) is 12.3. The monoisotopic (exact) mass is 270 g/mol. The van der Waals surface area contributed by atoms with Crippen LogP contribution in [0, 0.1) is 0 Å². The summed E-state index contributed by atoms with van der Waals surface area (Å²) in [6.07, 6.45) is 0. The highest BCUT2D eigenvalue weighted by Gasteiger charge is 2.17. The lowest BCUT2D eigenvalue weighted by Gasteiger charge is -2.37. The van der Waals surface area contributed by atoms with Crippen LogP contribution in [-0.2, 0) is 0 Å². The summed E-state index contributed by atoms with van der Waals surface area (Å²) in [5, 5.41) is 4.45. The van der Waals surface area contributed by atoms with Crippen molar-refractivity contribution in [3.05, 3.63) is 48.5 Å². The molecule has 1 fully saturated rings. The number of phenols is 1. The molecule has 3 rings (SSSR count). The van der Waals surface area contributed by atoms with E-state index in [1.165, 1.54) is 11.4 Å². The van der Waals surface area contributed by atoms with Crippen molar-refractivity contribution >= 4 is 17.1 Å². The zero-order valence-corrected chi connectivity index (χ0v) is 11.3. The SMILES string of the molecule is [2H]Oc1ccc(N2CCN(c3ccc(N)cc3)CC2)cc1. The van der Waals surface area contributed by atoms with E-state index in [0.717, 1.165) is 31.9 Å². The average molecular weight is 270 g/mol. The molecule has 1 saturated heterocycles. The van der Waals surface area contributed by atoms with E-state index >= 15 is 0 Å². The van der Waals surface area contributed by atoms with Crippen molar-refractivity contribution in [2.45, 2.75) is 0 Å². The Morgan fingerprint density at radius 1 is 0.800 bits per heavy atom. The molecule has 1 aliphatic heterocycles. The van der Waals surface area contributed by atoms with Gasteiger partial charge in [-0.2, -0.15) is 0 Å². The largest absolute Gasteiger partial charge is 0.508 e. The minimum Gasteiger partial charge on any atom is -0.508 e. The summed E-state index contributed by atoms with van der Waals surface area (Å²) >= 11 is 0. The first-order chi connectivity index (χ1) is 10.3. The van der Waals surface area contributed by atoms with Crippen LogP contribution in [0.1, 0.15) is 0 Å². The summed E-state index contributed by atoms with van der Waals surface area (Å²) in [6, 6.07) is 15.7. The fraction of sp³-hybridized carbons (Fsp3) is 0.250. The van der Waals surface area contributed by atoms with Crippen molar-refractivity contribution in [1.82, 2.24) is 0 Å². The maximum Gasteiger partial charge on any atom is 0.293 e. The van der Waals surface area contributed by atoms with Gasteiger partial charge in [0.1, 0.15) is 5.75 Å². The first-order valence-electron chi connectivity index (χ1n) is 7.26. The smallest absolute Gasteiger partial charge is 0.293 e. The Labute approximate surface area is 120 Å². The summed E-state index contributed by atoms with van der Waals surface area (Å²) in [7, 11) is 0. The highest BCUT2D eigenvalue weighted by molar-refractivity contribution is 5.55. The fourth-order valence-corrected chi connectivity index (χ4v) is 2.56. The first-order valence-corrected chi connectivity index (χ1v) is 6.85. The summed E-state index contributed by atoms with van der Waals surface area (Å²) in [4.78, 5) is 4.72. The Morgan fingerprint density at radius 2 is 1.25 bits per heavy atom. The van der Waals surface area contributed by atoms with Crippen molar-refractivity contribution < 1.29 is 5.11 Å². The van der Waals surface area contributed by atoms with Crippen LogP contribution in [0.15, 0.2) is 48.5 Å². The molecule has 0 aliphatic carbocycles. The average Bonchev–Trinajstić information content (AvgIpc) is 2.56. The van der Waals surface area contributed by atoms with Crippen LogP contribution >= 0.6 is 0 Å². The molecule has 1 aliphatic rings. The van der Waals surface area contributed by atoms with Crippen molar-refractivity contribution in [1.29, 1.82) is 1.43 Å². The van der Waals surface area contributed by atoms with E-state index in [4.69, 9.17) is 7.16 Å². The molecule has 2 aromatic carbocycles. The second kappa shape index (κ2) is 5.33. The van der Waals surface area contributed by atoms with Gasteiger partial charge in [-0.3, -0.25) is 0 Å². The number of hydrogen-bond acceptors (Lipinski definition) is 4. The maximum absolute atomic E-state index is 6.87. The molecule has 4 nitrogen and oxygen atoms in total. The lowest BCUT2D eigenvalue weighted by atomic mass is 10.2. The predicted octanol–water partition coefficient (Wildman–Crippen LogP) is 2.30. The molecule has 0 atom stereocenters. The molecule has 20 heavy (non-hydrogen) atoms. The van der Waals surface area contributed by atoms with Crippen molar-refractivity contribution in [2.24, 2.45) is 0 Å². The predicted molar refractivity (Wildman–Crippen MR) is 83.4 cm³/mol. The van der Waals surface area contributed by atoms with Crippen LogP contribution in [0.4, 0.5) is 17.1 Å². The molecular weight excluding hydrogens is 250 g/mol. The second-order valence-electron chi connectivity index (χ2n) is 5.06. The fourth-order valence-electron chi connectivity index (χ4n) is 2.56. The summed E-state index contributed by atoms with van der Waals surface area (Å²) < 4.78 is 6.87. The topological polar surface area (TPSA) is 52.7 Å². The first kappa shape index (κ1) is 11.5. The van der Waals surface area contributed by atoms with E-state index in [2.05, 4.69) is 27.0 Å². The molecule has 0 aromatic heterocycles. The van der Waals surface area contributed by atoms with Crippen molar-refractivity contribution in [3.8, 4) is 5.75 Å². The maximum atomic E-state index is 6.87. The van der Waals surface area contributed by atoms with Gasteiger partial charge in [-0.15, -0.1) is 0 Å². The normalized spacial score (nSPS) is 15.9. The molecule has 2 aromatic rings. The van der Waals surface area contributed by atoms with Gasteiger partial charge in [0.25, 0.3) is 1.43 Å². The molecule has 0 bridgehead atoms. The highest BCUT2D eigenvalue weighted by atomic mass is 16.3. The Hall–Kier alpha value is -2.36. The minimum absolute atomic E-state index is 0.569. The number of piperazine rings is 1. The Bertz CT molecular complexity index is 577. The van der Waals surface area contributed by atoms with Crippen LogP contribution in [0.3, 0.4) is 0 Å². The summed E-state index contributed by atoms with van der Waals surface area (Å²) in [5.41, 5.74) is 8.93. The standard InChI is InChI=1S/C16H19N3O/c17-13-1-3-14(4-2-13)18-9-11-19(12-10-18)15-5-7-16(20)8-6-15/h1-8,20H,9-12,17H2/i/hD. The van der Waals surface area contributed by atoms with Gasteiger partial charge in [0.2, 0.25) is 0 Å². The zero-order chi connectivity index (χ0) is 14.7. The van der Waals surface area contributed by atoms with Gasteiger partial charge in [0.15, 0.2) is 0 Å². The van der Waals surface area contributed by atoms with Crippen molar-refractivity contribution in [2.75, 3.05) is 41.7 Å². The minimum atomic E-state index is 0.569. The van der Waals surface area contributed by atoms with E-state index in [0.29, 0.717) is 5.75 Å². The molecule has 0 unspecified atom stereocenters. The van der Waals surface area contributed by atoms with Gasteiger partial charge in [-0.25, -0.2) is 0 Å². The van der Waals surface area contributed by atoms with Crippen LogP contribution < -0.4 is 15.5 Å². The third kappa shape index (κ3) is 2.64. The van der Waals surface area contributed by atoms with E-state index in [9.17, 15) is 0 Å². The number of nitrogen functional groups attached to an aromatic ring is 1. The molecule has 0 saturated carbocycles. The summed E-state index contributed by atoms with van der Waals surface area (Å²) in [6.45, 7) is 3.93. The van der Waals surface area contributed by atoms with E-state index in [-0.39, 0.29) is 0 Å². The second-order valence-corrected chi connectivity index (χ2v) is 5.06. The third-order valence-electron chi connectivity index (χ3n) is 3.74. The number of nitrogens with two attached hydrogens (primary N) is 1. The van der Waals surface area contributed by atoms with Gasteiger partial charge >= 0.3 is 0 Å². The van der Waals surface area contributed by atoms with Gasteiger partial charge in [-0.05, 0) is 48.5 Å². The molecule has 0 radical (unpaired) electrons. The number of anilines is 3. The third-order valence-corrected chi connectivity index (χ3v) is 3.74. The van der Waals surface area contributed by atoms with Crippen LogP contribution in [0.5, 0.6) is 5.75 Å². The van der Waals surface area contributed by atoms with Crippen molar-refractivity contribution in [3.63, 3.8) is 0 Å². The number of rotatable bonds is 3. The van der Waals surface area contributed by atoms with Gasteiger partial charge < -0.3 is 20.6 Å². The molecule has 0 amide bonds. The lowest BCUT2D eigenvalue weighted by Crippen LogP contribution is -2.46. The Kier molecular flexibility index (Phi) is 3.05. The Morgan fingerprint density at radius 3 is 1.70 bits per heavy atom. The molecule has 4 heteroatoms. The quantitative estimate of drug-likeness (QED) is 0.840. The molecule has 0 spiro atoms. The Balaban J connectivity index is 1.62. The number of aromatic hydroxyl groups is 1. The number of nitrogens with zero attached hydrogens (tertiary/aromatic N) is 2. The van der Waals surface area contributed by atoms with E-state index in [1.807, 2.05) is 36.4 Å². The van der Waals surface area contributed by atoms with Gasteiger partial charge in [0, 0.05) is 43.2 Å². The number of hydrogen-bond donors (Lipinski definition) is 2. The number of benzene rings is 2. The van der Waals surface area contributed by atoms with E-state index < -0.39 is 0 Å². The van der Waals surface area contributed by atoms with Gasteiger partial charge in [-0.1, -0.05) is 0 Å². The molecular formula is C16H19N3O. The molecule has 1 heterocycles. The van der Waals surface area contributed by atoms with Gasteiger partial charge in [0.05, 0.1) is 0 Å². The van der Waals surface area contributed by atoms with E-state index in [1.54, 1.807) is 0 Å². The molecule has 104 valence electrons. The van der Waals surface area contributed by atoms with Crippen LogP contribution in [0.25, 0.3) is 0 Å². The summed E-state index contributed by atoms with van der Waals surface area (Å²) in [5.74, 6) is 0.569. The van der Waals surface area contributed by atoms with Crippen LogP contribution in [0.2, 0.25) is 0 Å². The van der Waals surface area contributed by atoms with Crippen LogP contribution in [-0.4, -0.2) is 32.7 Å². The molecule has 3 N–H and O–H groups in total. The number of phenolic OH excluding ortho intramolecular Hbond substituents is 1.